The second kappa shape index (κ2) is 8.10. The predicted molar refractivity (Wildman–Crippen MR) is 111 cm³/mol. The molecule has 1 aliphatic heterocycles. The van der Waals surface area contributed by atoms with Gasteiger partial charge < -0.3 is 14.4 Å². The Bertz CT molecular complexity index is 1080. The summed E-state index contributed by atoms with van der Waals surface area (Å²) < 4.78 is 12.3. The first kappa shape index (κ1) is 18.0. The Balaban J connectivity index is 1.25. The number of fused-ring (bicyclic) bond motifs is 1. The van der Waals surface area contributed by atoms with Crippen molar-refractivity contribution in [3.05, 3.63) is 60.7 Å². The van der Waals surface area contributed by atoms with Crippen molar-refractivity contribution in [1.82, 2.24) is 19.9 Å². The first-order chi connectivity index (χ1) is 14.3. The van der Waals surface area contributed by atoms with Gasteiger partial charge in [-0.05, 0) is 18.2 Å². The van der Waals surface area contributed by atoms with Crippen LogP contribution in [0.25, 0.3) is 20.8 Å². The molecule has 0 aliphatic carbocycles. The topological polar surface area (TPSA) is 73.3 Å². The summed E-state index contributed by atoms with van der Waals surface area (Å²) in [6.07, 6.45) is 8.34. The summed E-state index contributed by atoms with van der Waals surface area (Å²) >= 11 is 1.60. The number of thiazole rings is 1. The molecule has 8 heteroatoms. The van der Waals surface area contributed by atoms with Gasteiger partial charge >= 0.3 is 6.01 Å². The van der Waals surface area contributed by atoms with E-state index < -0.39 is 0 Å². The lowest BCUT2D eigenvalue weighted by atomic mass is 10.2. The number of hydrogen-bond donors (Lipinski definition) is 0. The molecule has 0 bridgehead atoms. The maximum absolute atomic E-state index is 5.73. The molecule has 4 aromatic rings. The molecule has 5 rings (SSSR count). The van der Waals surface area contributed by atoms with Crippen LogP contribution in [0.3, 0.4) is 0 Å². The van der Waals surface area contributed by atoms with Gasteiger partial charge in [-0.15, -0.1) is 11.3 Å². The smallest absolute Gasteiger partial charge is 0.317 e. The van der Waals surface area contributed by atoms with Gasteiger partial charge in [-0.25, -0.2) is 9.97 Å². The van der Waals surface area contributed by atoms with Gasteiger partial charge in [-0.2, -0.15) is 4.98 Å². The Morgan fingerprint density at radius 2 is 2.03 bits per heavy atom. The molecule has 1 saturated heterocycles. The number of rotatable bonds is 5. The van der Waals surface area contributed by atoms with Crippen molar-refractivity contribution in [3.8, 4) is 16.6 Å². The van der Waals surface area contributed by atoms with Crippen LogP contribution in [-0.2, 0) is 11.3 Å². The fourth-order valence-corrected chi connectivity index (χ4v) is 4.07. The average Bonchev–Trinajstić information content (AvgIpc) is 3.23. The highest BCUT2D eigenvalue weighted by Crippen LogP contribution is 2.29. The van der Waals surface area contributed by atoms with Crippen molar-refractivity contribution in [2.45, 2.75) is 6.61 Å². The molecule has 1 aromatic carbocycles. The third kappa shape index (κ3) is 4.03. The summed E-state index contributed by atoms with van der Waals surface area (Å²) in [7, 11) is 0. The van der Waals surface area contributed by atoms with E-state index in [0.717, 1.165) is 58.3 Å². The summed E-state index contributed by atoms with van der Waals surface area (Å²) in [5.74, 6) is 0. The average molecular weight is 404 g/mol. The number of hydrogen-bond acceptors (Lipinski definition) is 8. The Morgan fingerprint density at radius 3 is 2.86 bits per heavy atom. The zero-order valence-corrected chi connectivity index (χ0v) is 16.4. The predicted octanol–water partition coefficient (Wildman–Crippen LogP) is 3.36. The van der Waals surface area contributed by atoms with Crippen LogP contribution >= 0.6 is 11.3 Å². The van der Waals surface area contributed by atoms with Crippen LogP contribution in [0.5, 0.6) is 6.01 Å². The Kier molecular flexibility index (Phi) is 5.02. The van der Waals surface area contributed by atoms with E-state index in [0.29, 0.717) is 6.61 Å². The van der Waals surface area contributed by atoms with E-state index in [1.165, 1.54) is 0 Å². The SMILES string of the molecule is [c]1nc(OCc2cncc(N3CCOCC3)c2)ncc1-c1nc2ccccc2s1. The number of para-hydroxylation sites is 1. The molecular formula is C21H18N5O2S. The molecule has 7 nitrogen and oxygen atoms in total. The number of aromatic nitrogens is 4. The Labute approximate surface area is 172 Å². The summed E-state index contributed by atoms with van der Waals surface area (Å²) in [5, 5.41) is 0.847. The van der Waals surface area contributed by atoms with Gasteiger partial charge in [0, 0.05) is 31.0 Å². The molecule has 145 valence electrons. The molecule has 4 heterocycles. The molecule has 0 amide bonds. The number of nitrogens with zero attached hydrogens (tertiary/aromatic N) is 5. The normalized spacial score (nSPS) is 14.3. The molecule has 0 N–H and O–H groups in total. The van der Waals surface area contributed by atoms with E-state index in [2.05, 4.69) is 37.1 Å². The highest BCUT2D eigenvalue weighted by Gasteiger charge is 2.12. The monoisotopic (exact) mass is 404 g/mol. The number of pyridine rings is 1. The second-order valence-corrected chi connectivity index (χ2v) is 7.63. The fourth-order valence-electron chi connectivity index (χ4n) is 3.14. The minimum absolute atomic E-state index is 0.284. The minimum Gasteiger partial charge on any atom is -0.459 e. The van der Waals surface area contributed by atoms with Gasteiger partial charge in [0.1, 0.15) is 17.8 Å². The molecule has 1 radical (unpaired) electrons. The van der Waals surface area contributed by atoms with Crippen LogP contribution in [0.15, 0.2) is 48.9 Å². The lowest BCUT2D eigenvalue weighted by Crippen LogP contribution is -2.36. The Morgan fingerprint density at radius 1 is 1.14 bits per heavy atom. The first-order valence-electron chi connectivity index (χ1n) is 9.35. The van der Waals surface area contributed by atoms with Gasteiger partial charge in [0.15, 0.2) is 0 Å². The number of benzene rings is 1. The summed E-state index contributed by atoms with van der Waals surface area (Å²) in [5.41, 5.74) is 3.77. The third-order valence-corrected chi connectivity index (χ3v) is 5.69. The van der Waals surface area contributed by atoms with Crippen molar-refractivity contribution >= 4 is 27.2 Å². The van der Waals surface area contributed by atoms with Gasteiger partial charge in [0.2, 0.25) is 0 Å². The summed E-state index contributed by atoms with van der Waals surface area (Å²) in [4.78, 5) is 19.7. The first-order valence-corrected chi connectivity index (χ1v) is 10.2. The zero-order valence-electron chi connectivity index (χ0n) is 15.6. The molecule has 0 saturated carbocycles. The molecular weight excluding hydrogens is 386 g/mol. The van der Waals surface area contributed by atoms with E-state index in [9.17, 15) is 0 Å². The lowest BCUT2D eigenvalue weighted by molar-refractivity contribution is 0.122. The lowest BCUT2D eigenvalue weighted by Gasteiger charge is -2.28. The van der Waals surface area contributed by atoms with E-state index in [4.69, 9.17) is 9.47 Å². The van der Waals surface area contributed by atoms with Crippen LogP contribution in [0.4, 0.5) is 5.69 Å². The maximum atomic E-state index is 5.73. The van der Waals surface area contributed by atoms with Gasteiger partial charge in [0.05, 0.1) is 40.9 Å². The van der Waals surface area contributed by atoms with Crippen LogP contribution in [0, 0.1) is 6.20 Å². The van der Waals surface area contributed by atoms with Crippen molar-refractivity contribution in [2.75, 3.05) is 31.2 Å². The number of ether oxygens (including phenoxy) is 2. The number of morpholine rings is 1. The molecule has 0 unspecified atom stereocenters. The van der Waals surface area contributed by atoms with Gasteiger partial charge in [0.25, 0.3) is 0 Å². The maximum Gasteiger partial charge on any atom is 0.317 e. The molecule has 0 spiro atoms. The Hall–Kier alpha value is -3.10. The van der Waals surface area contributed by atoms with E-state index in [1.807, 2.05) is 30.5 Å². The molecule has 3 aromatic heterocycles. The van der Waals surface area contributed by atoms with Crippen molar-refractivity contribution < 1.29 is 9.47 Å². The zero-order chi connectivity index (χ0) is 19.5. The van der Waals surface area contributed by atoms with Gasteiger partial charge in [-0.1, -0.05) is 12.1 Å². The van der Waals surface area contributed by atoms with Crippen molar-refractivity contribution in [3.63, 3.8) is 0 Å². The highest BCUT2D eigenvalue weighted by atomic mass is 32.1. The minimum atomic E-state index is 0.284. The third-order valence-electron chi connectivity index (χ3n) is 4.62. The van der Waals surface area contributed by atoms with E-state index in [-0.39, 0.29) is 6.01 Å². The van der Waals surface area contributed by atoms with Gasteiger partial charge in [-0.3, -0.25) is 4.98 Å². The summed E-state index contributed by atoms with van der Waals surface area (Å²) in [6, 6.07) is 10.4. The number of anilines is 1. The van der Waals surface area contributed by atoms with Crippen LogP contribution in [0.2, 0.25) is 0 Å². The highest BCUT2D eigenvalue weighted by molar-refractivity contribution is 7.21. The molecule has 0 atom stereocenters. The standard InChI is InChI=1S/C21H18N5O2S/c1-2-4-19-18(3-1)25-20(29-19)16-11-23-21(24-12-16)28-14-15-9-17(13-22-10-15)26-5-7-27-8-6-26/h1-4,9-11,13H,5-8,14H2. The van der Waals surface area contributed by atoms with Crippen LogP contribution in [0.1, 0.15) is 5.56 Å². The van der Waals surface area contributed by atoms with Crippen molar-refractivity contribution in [1.29, 1.82) is 0 Å². The second-order valence-electron chi connectivity index (χ2n) is 6.60. The van der Waals surface area contributed by atoms with E-state index in [1.54, 1.807) is 23.7 Å². The quantitative estimate of drug-likeness (QED) is 0.505. The van der Waals surface area contributed by atoms with E-state index >= 15 is 0 Å². The molecule has 1 fully saturated rings. The fraction of sp³-hybridized carbons (Fsp3) is 0.238. The van der Waals surface area contributed by atoms with Crippen LogP contribution in [-0.4, -0.2) is 46.2 Å². The van der Waals surface area contributed by atoms with Crippen molar-refractivity contribution in [2.24, 2.45) is 0 Å². The van der Waals surface area contributed by atoms with Crippen LogP contribution < -0.4 is 9.64 Å². The molecule has 29 heavy (non-hydrogen) atoms. The summed E-state index contributed by atoms with van der Waals surface area (Å²) in [6.45, 7) is 3.57. The molecule has 1 aliphatic rings. The largest absolute Gasteiger partial charge is 0.459 e.